The van der Waals surface area contributed by atoms with E-state index in [4.69, 9.17) is 4.99 Å². The molecule has 1 atom stereocenters. The summed E-state index contributed by atoms with van der Waals surface area (Å²) >= 11 is 0. The molecule has 102 valence electrons. The lowest BCUT2D eigenvalue weighted by atomic mass is 10.0. The molecule has 0 radical (unpaired) electrons. The van der Waals surface area contributed by atoms with Crippen LogP contribution in [0.25, 0.3) is 0 Å². The van der Waals surface area contributed by atoms with Gasteiger partial charge in [0.25, 0.3) is 0 Å². The molecule has 4 heteroatoms. The zero-order chi connectivity index (χ0) is 11.8. The lowest BCUT2D eigenvalue weighted by Crippen LogP contribution is -2.46. The predicted molar refractivity (Wildman–Crippen MR) is 86.3 cm³/mol. The van der Waals surface area contributed by atoms with Gasteiger partial charge in [-0.05, 0) is 32.1 Å². The number of halogens is 1. The lowest BCUT2D eigenvalue weighted by Gasteiger charge is -2.33. The van der Waals surface area contributed by atoms with E-state index in [1.54, 1.807) is 0 Å². The molecular formula is C13H28IN3. The van der Waals surface area contributed by atoms with Crippen LogP contribution in [0.5, 0.6) is 0 Å². The van der Waals surface area contributed by atoms with Gasteiger partial charge in [0.05, 0.1) is 0 Å². The largest absolute Gasteiger partial charge is 0.357 e. The Morgan fingerprint density at radius 2 is 2.18 bits per heavy atom. The first-order valence-electron chi connectivity index (χ1n) is 6.81. The summed E-state index contributed by atoms with van der Waals surface area (Å²) in [5.41, 5.74) is 0. The molecule has 0 aromatic rings. The summed E-state index contributed by atoms with van der Waals surface area (Å²) in [6.07, 6.45) is 5.09. The van der Waals surface area contributed by atoms with Gasteiger partial charge in [0, 0.05) is 26.2 Å². The normalized spacial score (nSPS) is 21.0. The van der Waals surface area contributed by atoms with Crippen LogP contribution in [0.15, 0.2) is 4.99 Å². The Bertz CT molecular complexity index is 219. The predicted octanol–water partition coefficient (Wildman–Crippen LogP) is 3.10. The van der Waals surface area contributed by atoms with Crippen molar-refractivity contribution in [2.24, 2.45) is 10.9 Å². The molecule has 0 aromatic heterocycles. The highest BCUT2D eigenvalue weighted by Gasteiger charge is 2.18. The second kappa shape index (κ2) is 9.97. The van der Waals surface area contributed by atoms with E-state index in [2.05, 4.69) is 31.0 Å². The third-order valence-electron chi connectivity index (χ3n) is 3.06. The monoisotopic (exact) mass is 353 g/mol. The number of rotatable bonds is 4. The standard InChI is InChI=1S/C13H27N3.HI/c1-4-6-9-15-13(14-5-2)16-10-7-8-12(3)11-16;/h12H,4-11H2,1-3H3,(H,14,15);1H. The number of hydrogen-bond donors (Lipinski definition) is 1. The lowest BCUT2D eigenvalue weighted by molar-refractivity contribution is 0.266. The van der Waals surface area contributed by atoms with Gasteiger partial charge in [0.2, 0.25) is 0 Å². The fraction of sp³-hybridized carbons (Fsp3) is 0.923. The van der Waals surface area contributed by atoms with Crippen LogP contribution < -0.4 is 5.32 Å². The topological polar surface area (TPSA) is 27.6 Å². The van der Waals surface area contributed by atoms with Gasteiger partial charge in [-0.1, -0.05) is 20.3 Å². The van der Waals surface area contributed by atoms with Crippen LogP contribution in [0.2, 0.25) is 0 Å². The molecule has 1 saturated heterocycles. The number of nitrogens with zero attached hydrogens (tertiary/aromatic N) is 2. The van der Waals surface area contributed by atoms with Gasteiger partial charge in [-0.25, -0.2) is 0 Å². The van der Waals surface area contributed by atoms with E-state index in [0.717, 1.165) is 31.5 Å². The van der Waals surface area contributed by atoms with Crippen molar-refractivity contribution < 1.29 is 0 Å². The van der Waals surface area contributed by atoms with Gasteiger partial charge in [-0.3, -0.25) is 4.99 Å². The molecule has 1 rings (SSSR count). The molecule has 17 heavy (non-hydrogen) atoms. The Morgan fingerprint density at radius 1 is 1.41 bits per heavy atom. The number of guanidine groups is 1. The van der Waals surface area contributed by atoms with E-state index in [0.29, 0.717) is 0 Å². The number of hydrogen-bond acceptors (Lipinski definition) is 1. The van der Waals surface area contributed by atoms with Gasteiger partial charge in [0.1, 0.15) is 0 Å². The van der Waals surface area contributed by atoms with Gasteiger partial charge < -0.3 is 10.2 Å². The molecule has 1 heterocycles. The van der Waals surface area contributed by atoms with Gasteiger partial charge >= 0.3 is 0 Å². The van der Waals surface area contributed by atoms with Crippen molar-refractivity contribution >= 4 is 29.9 Å². The Morgan fingerprint density at radius 3 is 2.76 bits per heavy atom. The Hall–Kier alpha value is 0. The van der Waals surface area contributed by atoms with Gasteiger partial charge in [-0.2, -0.15) is 0 Å². The zero-order valence-electron chi connectivity index (χ0n) is 11.5. The molecule has 0 bridgehead atoms. The Balaban J connectivity index is 0.00000256. The molecule has 1 N–H and O–H groups in total. The highest BCUT2D eigenvalue weighted by Crippen LogP contribution is 2.15. The minimum atomic E-state index is 0. The summed E-state index contributed by atoms with van der Waals surface area (Å²) in [6, 6.07) is 0. The molecule has 1 aliphatic heterocycles. The fourth-order valence-corrected chi connectivity index (χ4v) is 2.15. The number of piperidine rings is 1. The van der Waals surface area contributed by atoms with Gasteiger partial charge in [0.15, 0.2) is 5.96 Å². The molecular weight excluding hydrogens is 325 g/mol. The first-order chi connectivity index (χ1) is 7.77. The van der Waals surface area contributed by atoms with Crippen LogP contribution in [0.4, 0.5) is 0 Å². The molecule has 0 aliphatic carbocycles. The van der Waals surface area contributed by atoms with Gasteiger partial charge in [-0.15, -0.1) is 24.0 Å². The first kappa shape index (κ1) is 17.0. The molecule has 0 spiro atoms. The summed E-state index contributed by atoms with van der Waals surface area (Å²) in [4.78, 5) is 7.12. The van der Waals surface area contributed by atoms with Crippen molar-refractivity contribution in [3.63, 3.8) is 0 Å². The highest BCUT2D eigenvalue weighted by atomic mass is 127. The SMILES string of the molecule is CCCCN=C(NCC)N1CCCC(C)C1.I. The van der Waals surface area contributed by atoms with Crippen molar-refractivity contribution in [3.05, 3.63) is 0 Å². The maximum absolute atomic E-state index is 4.69. The summed E-state index contributed by atoms with van der Waals surface area (Å²) in [6.45, 7) is 11.0. The average Bonchev–Trinajstić information content (AvgIpc) is 2.28. The van der Waals surface area contributed by atoms with E-state index < -0.39 is 0 Å². The number of nitrogens with one attached hydrogen (secondary N) is 1. The maximum atomic E-state index is 4.69. The van der Waals surface area contributed by atoms with E-state index in [9.17, 15) is 0 Å². The van der Waals surface area contributed by atoms with Crippen LogP contribution in [-0.4, -0.2) is 37.0 Å². The number of likely N-dealkylation sites (tertiary alicyclic amines) is 1. The van der Waals surface area contributed by atoms with E-state index in [-0.39, 0.29) is 24.0 Å². The van der Waals surface area contributed by atoms with Crippen molar-refractivity contribution in [1.82, 2.24) is 10.2 Å². The van der Waals surface area contributed by atoms with Crippen LogP contribution in [-0.2, 0) is 0 Å². The fourth-order valence-electron chi connectivity index (χ4n) is 2.15. The Kier molecular flexibility index (Phi) is 9.97. The van der Waals surface area contributed by atoms with Crippen LogP contribution in [0.3, 0.4) is 0 Å². The van der Waals surface area contributed by atoms with E-state index >= 15 is 0 Å². The second-order valence-electron chi connectivity index (χ2n) is 4.78. The van der Waals surface area contributed by atoms with Crippen molar-refractivity contribution in [1.29, 1.82) is 0 Å². The first-order valence-corrected chi connectivity index (χ1v) is 6.81. The maximum Gasteiger partial charge on any atom is 0.193 e. The molecule has 0 saturated carbocycles. The van der Waals surface area contributed by atoms with Crippen molar-refractivity contribution in [2.45, 2.75) is 46.5 Å². The van der Waals surface area contributed by atoms with Crippen molar-refractivity contribution in [2.75, 3.05) is 26.2 Å². The molecule has 1 fully saturated rings. The highest BCUT2D eigenvalue weighted by molar-refractivity contribution is 14.0. The minimum absolute atomic E-state index is 0. The summed E-state index contributed by atoms with van der Waals surface area (Å²) < 4.78 is 0. The molecule has 1 aliphatic rings. The van der Waals surface area contributed by atoms with Crippen LogP contribution in [0, 0.1) is 5.92 Å². The molecule has 0 aromatic carbocycles. The third kappa shape index (κ3) is 6.48. The molecule has 0 amide bonds. The van der Waals surface area contributed by atoms with Crippen molar-refractivity contribution in [3.8, 4) is 0 Å². The average molecular weight is 353 g/mol. The summed E-state index contributed by atoms with van der Waals surface area (Å²) in [5, 5.41) is 3.41. The number of unbranched alkanes of at least 4 members (excludes halogenated alkanes) is 1. The van der Waals surface area contributed by atoms with Crippen LogP contribution in [0.1, 0.15) is 46.5 Å². The molecule has 1 unspecified atom stereocenters. The van der Waals surface area contributed by atoms with E-state index in [1.165, 1.54) is 32.2 Å². The molecule has 3 nitrogen and oxygen atoms in total. The van der Waals surface area contributed by atoms with Crippen LogP contribution >= 0.6 is 24.0 Å². The number of aliphatic imine (C=N–C) groups is 1. The third-order valence-corrected chi connectivity index (χ3v) is 3.06. The smallest absolute Gasteiger partial charge is 0.193 e. The zero-order valence-corrected chi connectivity index (χ0v) is 13.9. The minimum Gasteiger partial charge on any atom is -0.357 e. The summed E-state index contributed by atoms with van der Waals surface area (Å²) in [5.74, 6) is 1.94. The quantitative estimate of drug-likeness (QED) is 0.364. The second-order valence-corrected chi connectivity index (χ2v) is 4.78. The van der Waals surface area contributed by atoms with E-state index in [1.807, 2.05) is 0 Å². The Labute approximate surface area is 123 Å². The summed E-state index contributed by atoms with van der Waals surface area (Å²) in [7, 11) is 0.